The number of halogens is 6. The summed E-state index contributed by atoms with van der Waals surface area (Å²) in [5, 5.41) is 0. The summed E-state index contributed by atoms with van der Waals surface area (Å²) < 4.78 is 81.7. The van der Waals surface area contributed by atoms with Crippen LogP contribution in [0.1, 0.15) is 29.0 Å². The van der Waals surface area contributed by atoms with Crippen molar-refractivity contribution in [3.05, 3.63) is 34.9 Å². The van der Waals surface area contributed by atoms with Crippen LogP contribution in [0.25, 0.3) is 0 Å². The van der Waals surface area contributed by atoms with Gasteiger partial charge in [-0.2, -0.15) is 26.3 Å². The van der Waals surface area contributed by atoms with Gasteiger partial charge in [0.2, 0.25) is 5.91 Å². The van der Waals surface area contributed by atoms with Crippen LogP contribution < -0.4 is 0 Å². The summed E-state index contributed by atoms with van der Waals surface area (Å²) in [6.07, 6.45) is -10.2. The third-order valence-corrected chi connectivity index (χ3v) is 3.84. The summed E-state index contributed by atoms with van der Waals surface area (Å²) >= 11 is 0. The van der Waals surface area contributed by atoms with E-state index in [2.05, 4.69) is 4.74 Å². The fraction of sp³-hybridized carbons (Fsp3) is 0.467. The molecule has 1 saturated heterocycles. The van der Waals surface area contributed by atoms with Crippen molar-refractivity contribution in [2.24, 2.45) is 0 Å². The van der Waals surface area contributed by atoms with Crippen LogP contribution in [-0.4, -0.2) is 37.0 Å². The van der Waals surface area contributed by atoms with Crippen LogP contribution in [0.15, 0.2) is 18.2 Å². The van der Waals surface area contributed by atoms with Crippen LogP contribution in [0, 0.1) is 0 Å². The molecule has 0 spiro atoms. The number of nitrogens with zero attached hydrogens (tertiary/aromatic N) is 1. The average molecular weight is 369 g/mol. The lowest BCUT2D eigenvalue weighted by Crippen LogP contribution is -2.31. The molecule has 0 aromatic heterocycles. The first kappa shape index (κ1) is 19.1. The number of carbonyl (C=O) groups is 2. The lowest BCUT2D eigenvalue weighted by molar-refractivity contribution is -0.145. The highest BCUT2D eigenvalue weighted by atomic mass is 19.4. The first-order valence-corrected chi connectivity index (χ1v) is 7.05. The number of esters is 1. The molecule has 138 valence electrons. The standard InChI is InChI=1S/C15H13F6NO3/c1-25-13(24)7-22-6-9(4-12(22)23)8-2-10(14(16,17)18)5-11(3-8)15(19,20)21/h2-3,5,9H,4,6-7H2,1H3. The highest BCUT2D eigenvalue weighted by Crippen LogP contribution is 2.39. The Bertz CT molecular complexity index is 651. The molecule has 2 rings (SSSR count). The van der Waals surface area contributed by atoms with Gasteiger partial charge in [0.05, 0.1) is 18.2 Å². The van der Waals surface area contributed by atoms with E-state index < -0.39 is 47.8 Å². The largest absolute Gasteiger partial charge is 0.468 e. The lowest BCUT2D eigenvalue weighted by atomic mass is 9.94. The van der Waals surface area contributed by atoms with Crippen LogP contribution >= 0.6 is 0 Å². The van der Waals surface area contributed by atoms with E-state index in [1.54, 1.807) is 0 Å². The minimum absolute atomic E-state index is 0.0342. The van der Waals surface area contributed by atoms with Gasteiger partial charge < -0.3 is 9.64 Å². The molecule has 1 unspecified atom stereocenters. The second-order valence-electron chi connectivity index (χ2n) is 5.59. The molecule has 1 fully saturated rings. The van der Waals surface area contributed by atoms with Crippen molar-refractivity contribution < 1.29 is 40.7 Å². The smallest absolute Gasteiger partial charge is 0.416 e. The molecule has 0 saturated carbocycles. The Labute approximate surface area is 138 Å². The molecular weight excluding hydrogens is 356 g/mol. The van der Waals surface area contributed by atoms with Gasteiger partial charge in [-0.05, 0) is 23.8 Å². The highest BCUT2D eigenvalue weighted by molar-refractivity contribution is 5.84. The van der Waals surface area contributed by atoms with Gasteiger partial charge in [-0.3, -0.25) is 9.59 Å². The first-order valence-electron chi connectivity index (χ1n) is 7.05. The Morgan fingerprint density at radius 2 is 1.64 bits per heavy atom. The van der Waals surface area contributed by atoms with Gasteiger partial charge in [-0.15, -0.1) is 0 Å². The number of hydrogen-bond donors (Lipinski definition) is 0. The molecule has 1 heterocycles. The van der Waals surface area contributed by atoms with E-state index in [-0.39, 0.29) is 24.6 Å². The summed E-state index contributed by atoms with van der Waals surface area (Å²) in [5.74, 6) is -2.14. The van der Waals surface area contributed by atoms with E-state index in [0.29, 0.717) is 12.1 Å². The fourth-order valence-electron chi connectivity index (χ4n) is 2.58. The molecule has 0 radical (unpaired) electrons. The van der Waals surface area contributed by atoms with Crippen LogP contribution in [0.2, 0.25) is 0 Å². The zero-order chi connectivity index (χ0) is 19.0. The number of carbonyl (C=O) groups excluding carboxylic acids is 2. The van der Waals surface area contributed by atoms with Crippen LogP contribution in [-0.2, 0) is 26.7 Å². The fourth-order valence-corrected chi connectivity index (χ4v) is 2.58. The average Bonchev–Trinajstić information content (AvgIpc) is 2.86. The number of amides is 1. The second-order valence-corrected chi connectivity index (χ2v) is 5.59. The highest BCUT2D eigenvalue weighted by Gasteiger charge is 2.39. The van der Waals surface area contributed by atoms with E-state index in [1.807, 2.05) is 0 Å². The third kappa shape index (κ3) is 4.43. The first-order chi connectivity index (χ1) is 11.4. The Hall–Kier alpha value is -2.26. The molecule has 1 aliphatic rings. The molecule has 1 aliphatic heterocycles. The van der Waals surface area contributed by atoms with Crippen molar-refractivity contribution in [1.82, 2.24) is 4.90 Å². The van der Waals surface area contributed by atoms with Gasteiger partial charge in [0.25, 0.3) is 0 Å². The number of rotatable bonds is 3. The Morgan fingerprint density at radius 1 is 1.12 bits per heavy atom. The summed E-state index contributed by atoms with van der Waals surface area (Å²) in [6, 6.07) is 1.25. The van der Waals surface area contributed by atoms with E-state index in [4.69, 9.17) is 0 Å². The third-order valence-electron chi connectivity index (χ3n) is 3.84. The zero-order valence-electron chi connectivity index (χ0n) is 12.9. The number of ether oxygens (including phenoxy) is 1. The van der Waals surface area contributed by atoms with Crippen molar-refractivity contribution in [3.8, 4) is 0 Å². The minimum atomic E-state index is -4.95. The van der Waals surface area contributed by atoms with Crippen LogP contribution in [0.3, 0.4) is 0 Å². The maximum Gasteiger partial charge on any atom is 0.416 e. The van der Waals surface area contributed by atoms with Crippen molar-refractivity contribution in [3.63, 3.8) is 0 Å². The molecule has 10 heteroatoms. The SMILES string of the molecule is COC(=O)CN1CC(c2cc(C(F)(F)F)cc(C(F)(F)F)c2)CC1=O. The Kier molecular flexibility index (Phi) is 5.01. The van der Waals surface area contributed by atoms with E-state index in [1.165, 1.54) is 0 Å². The predicted molar refractivity (Wildman–Crippen MR) is 72.4 cm³/mol. The quantitative estimate of drug-likeness (QED) is 0.607. The summed E-state index contributed by atoms with van der Waals surface area (Å²) in [5.41, 5.74) is -3.12. The lowest BCUT2D eigenvalue weighted by Gasteiger charge is -2.18. The molecule has 4 nitrogen and oxygen atoms in total. The van der Waals surface area contributed by atoms with Gasteiger partial charge in [0.15, 0.2) is 0 Å². The van der Waals surface area contributed by atoms with Crippen molar-refractivity contribution >= 4 is 11.9 Å². The van der Waals surface area contributed by atoms with Gasteiger partial charge in [0, 0.05) is 18.9 Å². The molecule has 1 amide bonds. The zero-order valence-corrected chi connectivity index (χ0v) is 12.9. The number of alkyl halides is 6. The van der Waals surface area contributed by atoms with Gasteiger partial charge in [0.1, 0.15) is 6.54 Å². The maximum absolute atomic E-state index is 12.9. The normalized spacial score (nSPS) is 18.6. The van der Waals surface area contributed by atoms with Gasteiger partial charge in [-0.25, -0.2) is 0 Å². The Morgan fingerprint density at radius 3 is 2.08 bits per heavy atom. The van der Waals surface area contributed by atoms with E-state index in [0.717, 1.165) is 12.0 Å². The molecule has 0 aliphatic carbocycles. The summed E-state index contributed by atoms with van der Waals surface area (Å²) in [7, 11) is 1.10. The molecule has 0 N–H and O–H groups in total. The molecule has 1 aromatic carbocycles. The second kappa shape index (κ2) is 6.57. The molecule has 1 aromatic rings. The Balaban J connectivity index is 2.36. The van der Waals surface area contributed by atoms with E-state index in [9.17, 15) is 35.9 Å². The topological polar surface area (TPSA) is 46.6 Å². The minimum Gasteiger partial charge on any atom is -0.468 e. The van der Waals surface area contributed by atoms with Gasteiger partial charge >= 0.3 is 18.3 Å². The number of benzene rings is 1. The molecule has 25 heavy (non-hydrogen) atoms. The number of hydrogen-bond acceptors (Lipinski definition) is 3. The number of methoxy groups -OCH3 is 1. The van der Waals surface area contributed by atoms with Gasteiger partial charge in [-0.1, -0.05) is 0 Å². The summed E-state index contributed by atoms with van der Waals surface area (Å²) in [6.45, 7) is -0.566. The van der Waals surface area contributed by atoms with Crippen LogP contribution in [0.5, 0.6) is 0 Å². The van der Waals surface area contributed by atoms with Crippen molar-refractivity contribution in [1.29, 1.82) is 0 Å². The predicted octanol–water partition coefficient (Wildman–Crippen LogP) is 3.21. The molecular formula is C15H13F6NO3. The monoisotopic (exact) mass is 369 g/mol. The summed E-state index contributed by atoms with van der Waals surface area (Å²) in [4.78, 5) is 24.1. The maximum atomic E-state index is 12.9. The van der Waals surface area contributed by atoms with Crippen molar-refractivity contribution in [2.75, 3.05) is 20.2 Å². The molecule has 0 bridgehead atoms. The molecule has 1 atom stereocenters. The van der Waals surface area contributed by atoms with E-state index >= 15 is 0 Å². The van der Waals surface area contributed by atoms with Crippen molar-refractivity contribution in [2.45, 2.75) is 24.7 Å². The van der Waals surface area contributed by atoms with Crippen LogP contribution in [0.4, 0.5) is 26.3 Å². The number of likely N-dealkylation sites (tertiary alicyclic amines) is 1.